The predicted molar refractivity (Wildman–Crippen MR) is 103 cm³/mol. The normalized spacial score (nSPS) is 12.3. The smallest absolute Gasteiger partial charge is 0.332 e. The number of benzene rings is 1. The Morgan fingerprint density at radius 1 is 1.25 bits per heavy atom. The molecule has 2 heterocycles. The SMILES string of the molecule is CC[C@H](Sc1nc(-c2cccc(F)c2)nc2c1c(=O)n(C)c(=O)n2C)C(=O)O. The number of halogens is 1. The predicted octanol–water partition coefficient (Wildman–Crippen LogP) is 1.79. The quantitative estimate of drug-likeness (QED) is 0.510. The summed E-state index contributed by atoms with van der Waals surface area (Å²) in [4.78, 5) is 45.2. The molecule has 146 valence electrons. The summed E-state index contributed by atoms with van der Waals surface area (Å²) in [5.41, 5.74) is -0.792. The summed E-state index contributed by atoms with van der Waals surface area (Å²) in [5, 5.41) is 8.74. The Kier molecular flexibility index (Phi) is 5.32. The summed E-state index contributed by atoms with van der Waals surface area (Å²) in [7, 11) is 2.78. The van der Waals surface area contributed by atoms with Crippen molar-refractivity contribution in [3.05, 3.63) is 50.9 Å². The summed E-state index contributed by atoms with van der Waals surface area (Å²) < 4.78 is 15.8. The maximum absolute atomic E-state index is 13.7. The molecule has 0 amide bonds. The van der Waals surface area contributed by atoms with Gasteiger partial charge in [-0.3, -0.25) is 18.7 Å². The molecule has 8 nitrogen and oxygen atoms in total. The number of aliphatic carboxylic acids is 1. The van der Waals surface area contributed by atoms with Gasteiger partial charge in [0.2, 0.25) is 0 Å². The zero-order chi connectivity index (χ0) is 20.6. The average molecular weight is 404 g/mol. The lowest BCUT2D eigenvalue weighted by atomic mass is 10.2. The number of rotatable bonds is 5. The van der Waals surface area contributed by atoms with Crippen molar-refractivity contribution in [3.8, 4) is 11.4 Å². The van der Waals surface area contributed by atoms with Crippen molar-refractivity contribution in [2.75, 3.05) is 0 Å². The molecule has 3 rings (SSSR count). The van der Waals surface area contributed by atoms with Crippen LogP contribution in [0, 0.1) is 5.82 Å². The lowest BCUT2D eigenvalue weighted by Gasteiger charge is -2.14. The van der Waals surface area contributed by atoms with E-state index >= 15 is 0 Å². The number of nitrogens with zero attached hydrogens (tertiary/aromatic N) is 4. The highest BCUT2D eigenvalue weighted by Crippen LogP contribution is 2.30. The van der Waals surface area contributed by atoms with Gasteiger partial charge in [0.25, 0.3) is 5.56 Å². The Balaban J connectivity index is 2.39. The molecular weight excluding hydrogens is 387 g/mol. The van der Waals surface area contributed by atoms with E-state index in [0.717, 1.165) is 16.3 Å². The molecule has 0 aliphatic carbocycles. The number of carbonyl (C=O) groups is 1. The zero-order valence-corrected chi connectivity index (χ0v) is 16.2. The fourth-order valence-corrected chi connectivity index (χ4v) is 3.69. The monoisotopic (exact) mass is 404 g/mol. The van der Waals surface area contributed by atoms with Crippen LogP contribution in [0.3, 0.4) is 0 Å². The van der Waals surface area contributed by atoms with E-state index in [0.29, 0.717) is 12.0 Å². The molecule has 0 spiro atoms. The number of hydrogen-bond donors (Lipinski definition) is 1. The number of hydrogen-bond acceptors (Lipinski definition) is 6. The van der Waals surface area contributed by atoms with E-state index in [1.807, 2.05) is 0 Å². The molecule has 1 N–H and O–H groups in total. The first-order valence-electron chi connectivity index (χ1n) is 8.37. The van der Waals surface area contributed by atoms with E-state index in [1.165, 1.54) is 36.9 Å². The second-order valence-electron chi connectivity index (χ2n) is 6.12. The highest BCUT2D eigenvalue weighted by atomic mass is 32.2. The van der Waals surface area contributed by atoms with Crippen LogP contribution in [0.5, 0.6) is 0 Å². The number of aryl methyl sites for hydroxylation is 1. The van der Waals surface area contributed by atoms with Crippen molar-refractivity contribution in [2.45, 2.75) is 23.6 Å². The van der Waals surface area contributed by atoms with Gasteiger partial charge in [0, 0.05) is 19.7 Å². The van der Waals surface area contributed by atoms with Crippen LogP contribution in [-0.2, 0) is 18.9 Å². The number of thioether (sulfide) groups is 1. The van der Waals surface area contributed by atoms with Gasteiger partial charge < -0.3 is 5.11 Å². The highest BCUT2D eigenvalue weighted by molar-refractivity contribution is 8.00. The van der Waals surface area contributed by atoms with Crippen LogP contribution < -0.4 is 11.2 Å². The molecule has 0 saturated carbocycles. The van der Waals surface area contributed by atoms with Crippen LogP contribution in [0.15, 0.2) is 38.9 Å². The van der Waals surface area contributed by atoms with E-state index in [2.05, 4.69) is 9.97 Å². The van der Waals surface area contributed by atoms with Gasteiger partial charge in [-0.25, -0.2) is 19.2 Å². The summed E-state index contributed by atoms with van der Waals surface area (Å²) in [6, 6.07) is 5.57. The zero-order valence-electron chi connectivity index (χ0n) is 15.3. The Morgan fingerprint density at radius 2 is 1.96 bits per heavy atom. The topological polar surface area (TPSA) is 107 Å². The van der Waals surface area contributed by atoms with E-state index in [4.69, 9.17) is 0 Å². The molecule has 1 atom stereocenters. The van der Waals surface area contributed by atoms with Crippen molar-refractivity contribution in [2.24, 2.45) is 14.1 Å². The van der Waals surface area contributed by atoms with Crippen molar-refractivity contribution >= 4 is 28.8 Å². The van der Waals surface area contributed by atoms with Gasteiger partial charge in [-0.15, -0.1) is 0 Å². The number of carboxylic acids is 1. The average Bonchev–Trinajstić information content (AvgIpc) is 2.67. The maximum Gasteiger partial charge on any atom is 0.332 e. The molecule has 3 aromatic rings. The van der Waals surface area contributed by atoms with Crippen molar-refractivity contribution in [1.29, 1.82) is 0 Å². The van der Waals surface area contributed by atoms with Gasteiger partial charge in [-0.1, -0.05) is 30.8 Å². The third-order valence-electron chi connectivity index (χ3n) is 4.25. The van der Waals surface area contributed by atoms with E-state index < -0.39 is 28.3 Å². The highest BCUT2D eigenvalue weighted by Gasteiger charge is 2.23. The molecule has 0 bridgehead atoms. The molecule has 2 aromatic heterocycles. The molecule has 0 radical (unpaired) electrons. The summed E-state index contributed by atoms with van der Waals surface area (Å²) >= 11 is 0.904. The third-order valence-corrected chi connectivity index (χ3v) is 5.59. The minimum absolute atomic E-state index is 0.0504. The van der Waals surface area contributed by atoms with Crippen molar-refractivity contribution < 1.29 is 14.3 Å². The van der Waals surface area contributed by atoms with Gasteiger partial charge >= 0.3 is 11.7 Å². The largest absolute Gasteiger partial charge is 0.480 e. The summed E-state index contributed by atoms with van der Waals surface area (Å²) in [6.45, 7) is 1.70. The first-order valence-corrected chi connectivity index (χ1v) is 9.25. The van der Waals surface area contributed by atoms with Gasteiger partial charge in [0.05, 0.1) is 0 Å². The van der Waals surface area contributed by atoms with Crippen molar-refractivity contribution in [3.63, 3.8) is 0 Å². The van der Waals surface area contributed by atoms with Crippen LogP contribution >= 0.6 is 11.8 Å². The van der Waals surface area contributed by atoms with Gasteiger partial charge in [-0.05, 0) is 18.6 Å². The Bertz CT molecular complexity index is 1200. The molecule has 1 aromatic carbocycles. The minimum atomic E-state index is -1.05. The van der Waals surface area contributed by atoms with E-state index in [-0.39, 0.29) is 21.9 Å². The fourth-order valence-electron chi connectivity index (χ4n) is 2.71. The first-order chi connectivity index (χ1) is 13.2. The molecule has 0 unspecified atom stereocenters. The molecule has 0 saturated heterocycles. The summed E-state index contributed by atoms with van der Waals surface area (Å²) in [5.74, 6) is -1.45. The molecule has 28 heavy (non-hydrogen) atoms. The van der Waals surface area contributed by atoms with Gasteiger partial charge in [0.1, 0.15) is 21.5 Å². The Labute approximate surface area is 162 Å². The van der Waals surface area contributed by atoms with Crippen LogP contribution in [0.4, 0.5) is 4.39 Å². The number of fused-ring (bicyclic) bond motifs is 1. The molecular formula is C18H17FN4O4S. The van der Waals surface area contributed by atoms with Crippen LogP contribution in [0.25, 0.3) is 22.4 Å². The summed E-state index contributed by atoms with van der Waals surface area (Å²) in [6.07, 6.45) is 0.298. The van der Waals surface area contributed by atoms with Crippen LogP contribution in [0.2, 0.25) is 0 Å². The van der Waals surface area contributed by atoms with E-state index in [1.54, 1.807) is 13.0 Å². The second-order valence-corrected chi connectivity index (χ2v) is 7.31. The molecule has 10 heteroatoms. The fraction of sp³-hybridized carbons (Fsp3) is 0.278. The van der Waals surface area contributed by atoms with Crippen LogP contribution in [0.1, 0.15) is 13.3 Å². The van der Waals surface area contributed by atoms with Crippen molar-refractivity contribution in [1.82, 2.24) is 19.1 Å². The van der Waals surface area contributed by atoms with E-state index in [9.17, 15) is 23.9 Å². The number of aromatic nitrogens is 4. The third kappa shape index (κ3) is 3.42. The second kappa shape index (κ2) is 7.55. The first kappa shape index (κ1) is 19.7. The standard InChI is InChI=1S/C18H17FN4O4S/c1-4-11(17(25)26)28-15-12-14(22(2)18(27)23(3)16(12)24)20-13(21-15)9-6-5-7-10(19)8-9/h5-8,11H,4H2,1-3H3,(H,25,26)/t11-/m0/s1. The molecule has 0 aliphatic rings. The Morgan fingerprint density at radius 3 is 2.57 bits per heavy atom. The Hall–Kier alpha value is -3.01. The lowest BCUT2D eigenvalue weighted by molar-refractivity contribution is -0.136. The number of carboxylic acid groups (broad SMARTS) is 1. The van der Waals surface area contributed by atoms with Gasteiger partial charge in [0.15, 0.2) is 11.5 Å². The molecule has 0 fully saturated rings. The van der Waals surface area contributed by atoms with Crippen LogP contribution in [-0.4, -0.2) is 35.4 Å². The lowest BCUT2D eigenvalue weighted by Crippen LogP contribution is -2.37. The van der Waals surface area contributed by atoms with Gasteiger partial charge in [-0.2, -0.15) is 0 Å². The minimum Gasteiger partial charge on any atom is -0.480 e. The molecule has 0 aliphatic heterocycles. The maximum atomic E-state index is 13.7.